The number of nitrogens with zero attached hydrogens (tertiary/aromatic N) is 1. The van der Waals surface area contributed by atoms with Gasteiger partial charge in [-0.05, 0) is 48.4 Å². The number of amides is 1. The van der Waals surface area contributed by atoms with Gasteiger partial charge in [0.1, 0.15) is 22.0 Å². The van der Waals surface area contributed by atoms with Gasteiger partial charge < -0.3 is 14.1 Å². The molecule has 9 heteroatoms. The Morgan fingerprint density at radius 1 is 1.15 bits per heavy atom. The van der Waals surface area contributed by atoms with Crippen molar-refractivity contribution in [3.63, 3.8) is 0 Å². The fourth-order valence-electron chi connectivity index (χ4n) is 3.83. The highest BCUT2D eigenvalue weighted by Gasteiger charge is 2.31. The van der Waals surface area contributed by atoms with Crippen LogP contribution in [0.1, 0.15) is 56.2 Å². The summed E-state index contributed by atoms with van der Waals surface area (Å²) < 4.78 is 54.6. The number of carbonyl (C=O) groups excluding carboxylic acids is 1. The van der Waals surface area contributed by atoms with E-state index in [-0.39, 0.29) is 38.9 Å². The zero-order chi connectivity index (χ0) is 24.3. The van der Waals surface area contributed by atoms with E-state index >= 15 is 0 Å². The number of halogens is 1. The first-order valence-electron chi connectivity index (χ1n) is 11.4. The molecule has 2 aliphatic rings. The molecule has 2 heterocycles. The number of rotatable bonds is 6. The van der Waals surface area contributed by atoms with Gasteiger partial charge in [0.25, 0.3) is 10.0 Å². The lowest BCUT2D eigenvalue weighted by atomic mass is 9.87. The van der Waals surface area contributed by atoms with Gasteiger partial charge in [0.15, 0.2) is 5.76 Å². The normalized spacial score (nSPS) is 16.4. The molecule has 1 aromatic heterocycles. The number of furan rings is 1. The maximum Gasteiger partial charge on any atom is 0.300 e. The van der Waals surface area contributed by atoms with Crippen LogP contribution in [0.15, 0.2) is 45.7 Å². The lowest BCUT2D eigenvalue weighted by molar-refractivity contribution is 0.0956. The van der Waals surface area contributed by atoms with E-state index in [9.17, 15) is 17.6 Å². The van der Waals surface area contributed by atoms with E-state index in [4.69, 9.17) is 9.15 Å². The van der Waals surface area contributed by atoms with Gasteiger partial charge in [0.05, 0.1) is 11.5 Å². The van der Waals surface area contributed by atoms with Crippen molar-refractivity contribution < 1.29 is 26.8 Å². The molecular weight excluding hydrogens is 459 g/mol. The Labute approximate surface area is 197 Å². The second kappa shape index (κ2) is 8.01. The molecule has 5 rings (SSSR count). The standard InChI is InChI=1S/C25H27FN2O5S/c1-25(2,3)15-5-8-20(32-17-6-7-17)23(11-15)34(30,31)27-24(29)22-14-18-19(26)12-16(13-21(18)33-22)28-9-4-10-28/h5,8,11-14,17H,4,6-7,9-10H2,1-3H3,(H,27,29). The highest BCUT2D eigenvalue weighted by atomic mass is 32.2. The third-order valence-corrected chi connectivity index (χ3v) is 7.51. The largest absolute Gasteiger partial charge is 0.489 e. The summed E-state index contributed by atoms with van der Waals surface area (Å²) in [7, 11) is -4.29. The second-order valence-electron chi connectivity index (χ2n) is 9.95. The van der Waals surface area contributed by atoms with E-state index in [2.05, 4.69) is 4.72 Å². The van der Waals surface area contributed by atoms with Crippen LogP contribution in [-0.4, -0.2) is 33.5 Å². The van der Waals surface area contributed by atoms with Crippen molar-refractivity contribution in [1.29, 1.82) is 0 Å². The van der Waals surface area contributed by atoms with Crippen molar-refractivity contribution in [2.24, 2.45) is 0 Å². The molecule has 1 aliphatic carbocycles. The molecule has 0 unspecified atom stereocenters. The molecule has 0 atom stereocenters. The summed E-state index contributed by atoms with van der Waals surface area (Å²) in [4.78, 5) is 14.8. The predicted octanol–water partition coefficient (Wildman–Crippen LogP) is 4.74. The lowest BCUT2D eigenvalue weighted by Crippen LogP contribution is -2.36. The first-order chi connectivity index (χ1) is 16.0. The highest BCUT2D eigenvalue weighted by Crippen LogP contribution is 2.35. The minimum Gasteiger partial charge on any atom is -0.489 e. The number of hydrogen-bond acceptors (Lipinski definition) is 6. The molecule has 0 spiro atoms. The van der Waals surface area contributed by atoms with Crippen LogP contribution in [0, 0.1) is 5.82 Å². The SMILES string of the molecule is CC(C)(C)c1ccc(OC2CC2)c(S(=O)(=O)NC(=O)c2cc3c(F)cc(N4CCC4)cc3o2)c1. The molecule has 1 saturated carbocycles. The summed E-state index contributed by atoms with van der Waals surface area (Å²) >= 11 is 0. The third kappa shape index (κ3) is 4.36. The van der Waals surface area contributed by atoms with Gasteiger partial charge in [0.2, 0.25) is 0 Å². The number of fused-ring (bicyclic) bond motifs is 1. The van der Waals surface area contributed by atoms with Crippen LogP contribution in [0.2, 0.25) is 0 Å². The Morgan fingerprint density at radius 3 is 2.50 bits per heavy atom. The maximum atomic E-state index is 14.6. The van der Waals surface area contributed by atoms with E-state index in [0.29, 0.717) is 5.69 Å². The number of ether oxygens (including phenoxy) is 1. The first-order valence-corrected chi connectivity index (χ1v) is 12.9. The summed E-state index contributed by atoms with van der Waals surface area (Å²) in [6, 6.07) is 9.28. The molecule has 7 nitrogen and oxygen atoms in total. The van der Waals surface area contributed by atoms with Crippen molar-refractivity contribution in [3.8, 4) is 5.75 Å². The topological polar surface area (TPSA) is 88.8 Å². The van der Waals surface area contributed by atoms with Gasteiger partial charge in [-0.25, -0.2) is 17.5 Å². The lowest BCUT2D eigenvalue weighted by Gasteiger charge is -2.33. The van der Waals surface area contributed by atoms with Gasteiger partial charge in [-0.15, -0.1) is 0 Å². The highest BCUT2D eigenvalue weighted by molar-refractivity contribution is 7.90. The number of sulfonamides is 1. The molecule has 0 radical (unpaired) electrons. The average molecular weight is 487 g/mol. The monoisotopic (exact) mass is 486 g/mol. The third-order valence-electron chi connectivity index (χ3n) is 6.16. The number of carbonyl (C=O) groups is 1. The average Bonchev–Trinajstić information content (AvgIpc) is 3.40. The molecule has 1 amide bonds. The zero-order valence-electron chi connectivity index (χ0n) is 19.4. The molecule has 0 bridgehead atoms. The van der Waals surface area contributed by atoms with Crippen LogP contribution in [0.3, 0.4) is 0 Å². The van der Waals surface area contributed by atoms with E-state index in [1.54, 1.807) is 12.1 Å². The van der Waals surface area contributed by atoms with E-state index < -0.39 is 21.7 Å². The molecule has 3 aromatic rings. The van der Waals surface area contributed by atoms with Crippen LogP contribution >= 0.6 is 0 Å². The molecule has 1 aliphatic heterocycles. The molecule has 34 heavy (non-hydrogen) atoms. The van der Waals surface area contributed by atoms with Crippen molar-refractivity contribution in [2.75, 3.05) is 18.0 Å². The Hall–Kier alpha value is -3.07. The fraction of sp³-hybridized carbons (Fsp3) is 0.400. The van der Waals surface area contributed by atoms with Gasteiger partial charge in [-0.1, -0.05) is 26.8 Å². The summed E-state index contributed by atoms with van der Waals surface area (Å²) in [6.45, 7) is 7.56. The van der Waals surface area contributed by atoms with Crippen molar-refractivity contribution in [1.82, 2.24) is 4.72 Å². The quantitative estimate of drug-likeness (QED) is 0.542. The van der Waals surface area contributed by atoms with Crippen LogP contribution < -0.4 is 14.4 Å². The first kappa shape index (κ1) is 22.7. The fourth-order valence-corrected chi connectivity index (χ4v) is 4.94. The number of hydrogen-bond donors (Lipinski definition) is 1. The Bertz CT molecular complexity index is 1380. The van der Waals surface area contributed by atoms with E-state index in [0.717, 1.165) is 37.9 Å². The summed E-state index contributed by atoms with van der Waals surface area (Å²) in [5.41, 5.74) is 1.34. The van der Waals surface area contributed by atoms with Crippen molar-refractivity contribution in [3.05, 3.63) is 53.5 Å². The predicted molar refractivity (Wildman–Crippen MR) is 126 cm³/mol. The minimum atomic E-state index is -4.29. The molecular formula is C25H27FN2O5S. The maximum absolute atomic E-state index is 14.6. The van der Waals surface area contributed by atoms with Crippen LogP contribution in [0.5, 0.6) is 5.75 Å². The summed E-state index contributed by atoms with van der Waals surface area (Å²) in [5.74, 6) is -1.58. The molecule has 1 saturated heterocycles. The van der Waals surface area contributed by atoms with Gasteiger partial charge in [-0.3, -0.25) is 4.79 Å². The number of nitrogens with one attached hydrogen (secondary N) is 1. The second-order valence-corrected chi connectivity index (χ2v) is 11.6. The zero-order valence-corrected chi connectivity index (χ0v) is 20.2. The van der Waals surface area contributed by atoms with Gasteiger partial charge in [0, 0.05) is 30.9 Å². The summed E-state index contributed by atoms with van der Waals surface area (Å²) in [5, 5.41) is 0.124. The Kier molecular flexibility index (Phi) is 5.35. The van der Waals surface area contributed by atoms with Crippen LogP contribution in [0.4, 0.5) is 10.1 Å². The number of benzene rings is 2. The Morgan fingerprint density at radius 2 is 1.88 bits per heavy atom. The van der Waals surface area contributed by atoms with Crippen LogP contribution in [0.25, 0.3) is 11.0 Å². The number of anilines is 1. The molecule has 180 valence electrons. The van der Waals surface area contributed by atoms with E-state index in [1.807, 2.05) is 31.7 Å². The van der Waals surface area contributed by atoms with Gasteiger partial charge in [-0.2, -0.15) is 0 Å². The van der Waals surface area contributed by atoms with Crippen LogP contribution in [-0.2, 0) is 15.4 Å². The molecule has 2 fully saturated rings. The van der Waals surface area contributed by atoms with Gasteiger partial charge >= 0.3 is 5.91 Å². The summed E-state index contributed by atoms with van der Waals surface area (Å²) in [6.07, 6.45) is 2.73. The molecule has 2 aromatic carbocycles. The minimum absolute atomic E-state index is 0.0240. The molecule has 1 N–H and O–H groups in total. The van der Waals surface area contributed by atoms with Crippen molar-refractivity contribution >= 4 is 32.6 Å². The van der Waals surface area contributed by atoms with Crippen molar-refractivity contribution in [2.45, 2.75) is 56.4 Å². The van der Waals surface area contributed by atoms with E-state index in [1.165, 1.54) is 18.2 Å². The Balaban J connectivity index is 1.46. The smallest absolute Gasteiger partial charge is 0.300 e.